The molecule has 0 unspecified atom stereocenters. The van der Waals surface area contributed by atoms with Crippen LogP contribution in [0.2, 0.25) is 0 Å². The van der Waals surface area contributed by atoms with E-state index in [4.69, 9.17) is 0 Å². The zero-order valence-electron chi connectivity index (χ0n) is 15.4. The van der Waals surface area contributed by atoms with Crippen LogP contribution < -0.4 is 0 Å². The van der Waals surface area contributed by atoms with Gasteiger partial charge in [0.15, 0.2) is 17.5 Å². The summed E-state index contributed by atoms with van der Waals surface area (Å²) in [5.41, 5.74) is 2.84. The van der Waals surface area contributed by atoms with E-state index in [0.29, 0.717) is 22.1 Å². The number of fused-ring (bicyclic) bond motifs is 1. The highest BCUT2D eigenvalue weighted by Crippen LogP contribution is 2.29. The van der Waals surface area contributed by atoms with Crippen LogP contribution in [0.3, 0.4) is 0 Å². The molecule has 4 heteroatoms. The lowest BCUT2D eigenvalue weighted by molar-refractivity contribution is 0.446. The van der Waals surface area contributed by atoms with Gasteiger partial charge in [0, 0.05) is 22.1 Å². The molecule has 0 aliphatic carbocycles. The Hall–Kier alpha value is -3.58. The number of hydrogen-bond acceptors (Lipinski definition) is 0. The third-order valence-corrected chi connectivity index (χ3v) is 4.64. The van der Waals surface area contributed by atoms with Crippen molar-refractivity contribution >= 4 is 10.8 Å². The lowest BCUT2D eigenvalue weighted by Gasteiger charge is -2.08. The monoisotopic (exact) mass is 390 g/mol. The topological polar surface area (TPSA) is 0 Å². The van der Waals surface area contributed by atoms with Crippen LogP contribution in [-0.2, 0) is 0 Å². The third kappa shape index (κ3) is 3.72. The van der Waals surface area contributed by atoms with Crippen molar-refractivity contribution in [2.45, 2.75) is 6.92 Å². The van der Waals surface area contributed by atoms with Crippen LogP contribution in [0, 0.1) is 42.0 Å². The molecule has 29 heavy (non-hydrogen) atoms. The fraction of sp³-hybridized carbons (Fsp3) is 0.0400. The number of halogens is 4. The van der Waals surface area contributed by atoms with E-state index in [9.17, 15) is 17.6 Å². The third-order valence-electron chi connectivity index (χ3n) is 4.64. The van der Waals surface area contributed by atoms with Crippen molar-refractivity contribution in [3.05, 3.63) is 107 Å². The lowest BCUT2D eigenvalue weighted by atomic mass is 9.98. The normalized spacial score (nSPS) is 10.7. The minimum Gasteiger partial charge on any atom is -0.206 e. The summed E-state index contributed by atoms with van der Waals surface area (Å²) in [6.07, 6.45) is 0. The van der Waals surface area contributed by atoms with Crippen LogP contribution in [0.15, 0.2) is 66.7 Å². The average Bonchev–Trinajstić information content (AvgIpc) is 2.71. The molecule has 0 fully saturated rings. The van der Waals surface area contributed by atoms with E-state index in [2.05, 4.69) is 11.8 Å². The second kappa shape index (κ2) is 7.44. The van der Waals surface area contributed by atoms with Crippen molar-refractivity contribution in [3.63, 3.8) is 0 Å². The summed E-state index contributed by atoms with van der Waals surface area (Å²) in [6.45, 7) is 1.96. The molecule has 0 radical (unpaired) electrons. The lowest BCUT2D eigenvalue weighted by Crippen LogP contribution is -1.91. The molecule has 0 aliphatic heterocycles. The molecular formula is C25H14F4. The smallest absolute Gasteiger partial charge is 0.194 e. The van der Waals surface area contributed by atoms with E-state index < -0.39 is 17.5 Å². The van der Waals surface area contributed by atoms with Gasteiger partial charge < -0.3 is 0 Å². The van der Waals surface area contributed by atoms with Gasteiger partial charge in [-0.1, -0.05) is 59.9 Å². The number of hydrogen-bond donors (Lipinski definition) is 0. The molecule has 0 N–H and O–H groups in total. The van der Waals surface area contributed by atoms with E-state index in [1.807, 2.05) is 25.1 Å². The summed E-state index contributed by atoms with van der Waals surface area (Å²) in [5.74, 6) is 0.979. The van der Waals surface area contributed by atoms with Gasteiger partial charge in [-0.3, -0.25) is 0 Å². The number of benzene rings is 4. The molecular weight excluding hydrogens is 376 g/mol. The Balaban J connectivity index is 1.65. The summed E-state index contributed by atoms with van der Waals surface area (Å²) >= 11 is 0. The molecule has 0 heterocycles. The van der Waals surface area contributed by atoms with Crippen LogP contribution in [0.25, 0.3) is 21.9 Å². The van der Waals surface area contributed by atoms with Gasteiger partial charge >= 0.3 is 0 Å². The average molecular weight is 390 g/mol. The fourth-order valence-electron chi connectivity index (χ4n) is 3.14. The Morgan fingerprint density at radius 1 is 0.621 bits per heavy atom. The minimum atomic E-state index is -1.52. The molecule has 4 rings (SSSR count). The van der Waals surface area contributed by atoms with Gasteiger partial charge in [-0.2, -0.15) is 0 Å². The van der Waals surface area contributed by atoms with Gasteiger partial charge in [-0.25, -0.2) is 17.6 Å². The summed E-state index contributed by atoms with van der Waals surface area (Å²) in [7, 11) is 0. The molecule has 0 bridgehead atoms. The molecule has 0 amide bonds. The second-order valence-electron chi connectivity index (χ2n) is 6.73. The van der Waals surface area contributed by atoms with Crippen LogP contribution in [0.4, 0.5) is 17.6 Å². The summed E-state index contributed by atoms with van der Waals surface area (Å²) < 4.78 is 54.5. The van der Waals surface area contributed by atoms with Gasteiger partial charge in [0.1, 0.15) is 5.82 Å². The molecule has 0 saturated carbocycles. The van der Waals surface area contributed by atoms with Crippen LogP contribution >= 0.6 is 0 Å². The predicted molar refractivity (Wildman–Crippen MR) is 106 cm³/mol. The second-order valence-corrected chi connectivity index (χ2v) is 6.73. The Morgan fingerprint density at radius 3 is 1.97 bits per heavy atom. The molecule has 0 nitrogen and oxygen atoms in total. The first-order chi connectivity index (χ1) is 13.9. The Labute approximate surface area is 165 Å². The minimum absolute atomic E-state index is 0.0290. The maximum Gasteiger partial charge on any atom is 0.194 e. The van der Waals surface area contributed by atoms with E-state index in [1.54, 1.807) is 36.4 Å². The largest absolute Gasteiger partial charge is 0.206 e. The van der Waals surface area contributed by atoms with Crippen molar-refractivity contribution in [2.24, 2.45) is 0 Å². The highest BCUT2D eigenvalue weighted by molar-refractivity contribution is 5.88. The molecule has 0 atom stereocenters. The maximum absolute atomic E-state index is 14.9. The van der Waals surface area contributed by atoms with E-state index in [0.717, 1.165) is 23.1 Å². The Kier molecular flexibility index (Phi) is 4.82. The fourth-order valence-corrected chi connectivity index (χ4v) is 3.14. The summed E-state index contributed by atoms with van der Waals surface area (Å²) in [6, 6.07) is 17.7. The number of aryl methyl sites for hydroxylation is 1. The summed E-state index contributed by atoms with van der Waals surface area (Å²) in [4.78, 5) is 0. The molecule has 142 valence electrons. The molecule has 0 aliphatic rings. The van der Waals surface area contributed by atoms with Crippen molar-refractivity contribution in [1.82, 2.24) is 0 Å². The quantitative estimate of drug-likeness (QED) is 0.191. The van der Waals surface area contributed by atoms with Gasteiger partial charge in [-0.05, 0) is 42.1 Å². The first-order valence-corrected chi connectivity index (χ1v) is 8.88. The van der Waals surface area contributed by atoms with Gasteiger partial charge in [-0.15, -0.1) is 0 Å². The number of rotatable bonds is 1. The van der Waals surface area contributed by atoms with Gasteiger partial charge in [0.2, 0.25) is 0 Å². The van der Waals surface area contributed by atoms with Gasteiger partial charge in [0.05, 0.1) is 0 Å². The molecule has 0 spiro atoms. The van der Waals surface area contributed by atoms with E-state index >= 15 is 0 Å². The van der Waals surface area contributed by atoms with Gasteiger partial charge in [0.25, 0.3) is 0 Å². The summed E-state index contributed by atoms with van der Waals surface area (Å²) in [5, 5.41) is 1.39. The Bertz CT molecular complexity index is 1270. The van der Waals surface area contributed by atoms with Crippen molar-refractivity contribution in [2.75, 3.05) is 0 Å². The highest BCUT2D eigenvalue weighted by atomic mass is 19.2. The van der Waals surface area contributed by atoms with E-state index in [-0.39, 0.29) is 11.4 Å². The van der Waals surface area contributed by atoms with Crippen LogP contribution in [-0.4, -0.2) is 0 Å². The van der Waals surface area contributed by atoms with Crippen LogP contribution in [0.5, 0.6) is 0 Å². The first kappa shape index (κ1) is 18.8. The van der Waals surface area contributed by atoms with E-state index in [1.165, 1.54) is 0 Å². The van der Waals surface area contributed by atoms with Crippen molar-refractivity contribution in [3.8, 4) is 23.0 Å². The Morgan fingerprint density at radius 2 is 1.28 bits per heavy atom. The molecule has 4 aromatic rings. The highest BCUT2D eigenvalue weighted by Gasteiger charge is 2.10. The van der Waals surface area contributed by atoms with Crippen molar-refractivity contribution in [1.29, 1.82) is 0 Å². The first-order valence-electron chi connectivity index (χ1n) is 8.88. The SMILES string of the molecule is Cc1ccc2c(F)c(-c3ccc(C#Cc4cc(F)c(F)c(F)c4)cc3)ccc2c1. The standard InChI is InChI=1S/C25H14F4/c1-15-2-10-21-19(12-15)9-11-20(24(21)28)18-7-5-16(6-8-18)3-4-17-13-22(26)25(29)23(27)14-17/h2,5-14H,1H3. The molecule has 0 saturated heterocycles. The maximum atomic E-state index is 14.9. The predicted octanol–water partition coefficient (Wildman–Crippen LogP) is 6.77. The zero-order chi connectivity index (χ0) is 20.5. The molecule has 0 aromatic heterocycles. The molecule has 4 aromatic carbocycles. The zero-order valence-corrected chi connectivity index (χ0v) is 15.4. The van der Waals surface area contributed by atoms with Crippen LogP contribution in [0.1, 0.15) is 16.7 Å². The van der Waals surface area contributed by atoms with Crippen molar-refractivity contribution < 1.29 is 17.6 Å².